The van der Waals surface area contributed by atoms with Crippen LogP contribution in [0.2, 0.25) is 0 Å². The average molecular weight is 593 g/mol. The maximum absolute atomic E-state index is 15.0. The lowest BCUT2D eigenvalue weighted by Crippen LogP contribution is -2.16. The summed E-state index contributed by atoms with van der Waals surface area (Å²) in [6, 6.07) is 8.15. The highest BCUT2D eigenvalue weighted by atomic mass is 19.2. The minimum atomic E-state index is -1.30. The van der Waals surface area contributed by atoms with Gasteiger partial charge in [-0.15, -0.1) is 0 Å². The molecule has 4 rings (SSSR count). The van der Waals surface area contributed by atoms with Gasteiger partial charge in [0.25, 0.3) is 0 Å². The summed E-state index contributed by atoms with van der Waals surface area (Å²) >= 11 is 0. The molecule has 0 unspecified atom stereocenters. The number of halogens is 6. The number of hydrogen-bond acceptors (Lipinski definition) is 2. The van der Waals surface area contributed by atoms with Crippen LogP contribution in [-0.2, 0) is 6.42 Å². The number of aryl methyl sites for hydroxylation is 1. The van der Waals surface area contributed by atoms with E-state index in [1.807, 2.05) is 0 Å². The molecule has 0 aromatic heterocycles. The van der Waals surface area contributed by atoms with Crippen molar-refractivity contribution in [2.24, 2.45) is 5.92 Å². The van der Waals surface area contributed by atoms with Crippen LogP contribution in [0.25, 0.3) is 11.1 Å². The molecule has 1 saturated carbocycles. The standard InChI is InChI=1S/C34H38F6O2/c1-3-5-6-7-20-42-28-18-16-24(30(36)34(28)40)22-11-8-21(9-12-22)10-13-23-14-15-25(31(37)29(23)35)26-17-19-27(41-4-2)33(39)32(26)38/h14-19,21-22H,3-13,20H2,1-2H3. The first-order valence-electron chi connectivity index (χ1n) is 14.9. The Morgan fingerprint density at radius 3 is 1.93 bits per heavy atom. The van der Waals surface area contributed by atoms with Gasteiger partial charge in [0.15, 0.2) is 34.8 Å². The summed E-state index contributed by atoms with van der Waals surface area (Å²) in [5.74, 6) is -6.92. The number of benzene rings is 3. The maximum atomic E-state index is 15.0. The summed E-state index contributed by atoms with van der Waals surface area (Å²) in [4.78, 5) is 0. The van der Waals surface area contributed by atoms with E-state index < -0.39 is 34.9 Å². The van der Waals surface area contributed by atoms with Gasteiger partial charge < -0.3 is 9.47 Å². The number of rotatable bonds is 13. The molecule has 0 aliphatic heterocycles. The molecule has 3 aromatic rings. The lowest BCUT2D eigenvalue weighted by molar-refractivity contribution is 0.280. The molecule has 2 nitrogen and oxygen atoms in total. The molecule has 0 spiro atoms. The Kier molecular flexibility index (Phi) is 11.2. The first-order valence-corrected chi connectivity index (χ1v) is 14.9. The van der Waals surface area contributed by atoms with Crippen molar-refractivity contribution in [3.8, 4) is 22.6 Å². The Morgan fingerprint density at radius 1 is 0.619 bits per heavy atom. The molecule has 0 N–H and O–H groups in total. The quantitative estimate of drug-likeness (QED) is 0.145. The van der Waals surface area contributed by atoms with E-state index >= 15 is 0 Å². The summed E-state index contributed by atoms with van der Waals surface area (Å²) < 4.78 is 98.8. The molecule has 0 saturated heterocycles. The largest absolute Gasteiger partial charge is 0.491 e. The number of ether oxygens (including phenoxy) is 2. The van der Waals surface area contributed by atoms with E-state index in [0.29, 0.717) is 31.4 Å². The highest BCUT2D eigenvalue weighted by Gasteiger charge is 2.27. The zero-order chi connectivity index (χ0) is 30.2. The van der Waals surface area contributed by atoms with Gasteiger partial charge in [-0.2, -0.15) is 8.78 Å². The normalized spacial score (nSPS) is 17.0. The molecular formula is C34H38F6O2. The summed E-state index contributed by atoms with van der Waals surface area (Å²) in [5.41, 5.74) is -0.236. The average Bonchev–Trinajstić information content (AvgIpc) is 2.99. The minimum Gasteiger partial charge on any atom is -0.491 e. The Balaban J connectivity index is 1.33. The first kappa shape index (κ1) is 31.8. The highest BCUT2D eigenvalue weighted by Crippen LogP contribution is 2.40. The lowest BCUT2D eigenvalue weighted by atomic mass is 9.76. The van der Waals surface area contributed by atoms with Gasteiger partial charge in [-0.05, 0) is 93.0 Å². The molecule has 228 valence electrons. The van der Waals surface area contributed by atoms with Gasteiger partial charge in [0.05, 0.1) is 13.2 Å². The van der Waals surface area contributed by atoms with Gasteiger partial charge in [-0.1, -0.05) is 44.4 Å². The van der Waals surface area contributed by atoms with E-state index in [-0.39, 0.29) is 53.1 Å². The topological polar surface area (TPSA) is 18.5 Å². The van der Waals surface area contributed by atoms with Crippen LogP contribution in [0.1, 0.15) is 88.7 Å². The van der Waals surface area contributed by atoms with Crippen LogP contribution in [0, 0.1) is 40.8 Å². The zero-order valence-electron chi connectivity index (χ0n) is 24.2. The van der Waals surface area contributed by atoms with E-state index in [1.165, 1.54) is 30.3 Å². The third-order valence-electron chi connectivity index (χ3n) is 8.24. The van der Waals surface area contributed by atoms with E-state index in [9.17, 15) is 26.3 Å². The molecule has 42 heavy (non-hydrogen) atoms. The molecule has 0 amide bonds. The molecule has 1 aliphatic carbocycles. The van der Waals surface area contributed by atoms with Gasteiger partial charge in [-0.3, -0.25) is 0 Å². The van der Waals surface area contributed by atoms with Crippen LogP contribution in [0.5, 0.6) is 11.5 Å². The van der Waals surface area contributed by atoms with E-state index in [2.05, 4.69) is 6.92 Å². The van der Waals surface area contributed by atoms with Gasteiger partial charge in [-0.25, -0.2) is 17.6 Å². The second kappa shape index (κ2) is 14.8. The maximum Gasteiger partial charge on any atom is 0.201 e. The van der Waals surface area contributed by atoms with Gasteiger partial charge in [0, 0.05) is 11.1 Å². The van der Waals surface area contributed by atoms with Crippen LogP contribution >= 0.6 is 0 Å². The van der Waals surface area contributed by atoms with Crippen molar-refractivity contribution in [1.82, 2.24) is 0 Å². The van der Waals surface area contributed by atoms with Crippen molar-refractivity contribution in [1.29, 1.82) is 0 Å². The minimum absolute atomic E-state index is 0.0582. The van der Waals surface area contributed by atoms with Crippen molar-refractivity contribution in [2.45, 2.75) is 84.0 Å². The predicted octanol–water partition coefficient (Wildman–Crippen LogP) is 10.5. The van der Waals surface area contributed by atoms with Crippen molar-refractivity contribution in [3.63, 3.8) is 0 Å². The molecule has 3 aromatic carbocycles. The Bertz CT molecular complexity index is 1350. The van der Waals surface area contributed by atoms with E-state index in [1.54, 1.807) is 13.0 Å². The fourth-order valence-corrected chi connectivity index (χ4v) is 5.80. The Labute approximate surface area is 244 Å². The van der Waals surface area contributed by atoms with Crippen molar-refractivity contribution < 1.29 is 35.8 Å². The highest BCUT2D eigenvalue weighted by molar-refractivity contribution is 5.66. The smallest absolute Gasteiger partial charge is 0.201 e. The van der Waals surface area contributed by atoms with Crippen LogP contribution in [0.3, 0.4) is 0 Å². The molecule has 1 aliphatic rings. The summed E-state index contributed by atoms with van der Waals surface area (Å²) in [5, 5.41) is 0. The van der Waals surface area contributed by atoms with Gasteiger partial charge in [0.2, 0.25) is 11.6 Å². The molecule has 8 heteroatoms. The molecule has 0 atom stereocenters. The van der Waals surface area contributed by atoms with Crippen LogP contribution in [0.4, 0.5) is 26.3 Å². The van der Waals surface area contributed by atoms with Crippen LogP contribution < -0.4 is 9.47 Å². The fraction of sp³-hybridized carbons (Fsp3) is 0.471. The van der Waals surface area contributed by atoms with Crippen LogP contribution in [-0.4, -0.2) is 13.2 Å². The summed E-state index contributed by atoms with van der Waals surface area (Å²) in [6.07, 6.45) is 7.63. The number of unbranched alkanes of at least 4 members (excludes halogenated alkanes) is 3. The predicted molar refractivity (Wildman–Crippen MR) is 152 cm³/mol. The fourth-order valence-electron chi connectivity index (χ4n) is 5.80. The zero-order valence-corrected chi connectivity index (χ0v) is 24.2. The third-order valence-corrected chi connectivity index (χ3v) is 8.24. The SMILES string of the molecule is CCCCCCOc1ccc(C2CCC(CCc3ccc(-c4ccc(OCC)c(F)c4F)c(F)c3F)CC2)c(F)c1F. The number of hydrogen-bond donors (Lipinski definition) is 0. The first-order chi connectivity index (χ1) is 20.3. The van der Waals surface area contributed by atoms with Gasteiger partial charge >= 0.3 is 0 Å². The molecular weight excluding hydrogens is 554 g/mol. The Hall–Kier alpha value is -3.16. The van der Waals surface area contributed by atoms with E-state index in [4.69, 9.17) is 9.47 Å². The van der Waals surface area contributed by atoms with Crippen molar-refractivity contribution >= 4 is 0 Å². The van der Waals surface area contributed by atoms with Gasteiger partial charge in [0.1, 0.15) is 0 Å². The summed E-state index contributed by atoms with van der Waals surface area (Å²) in [6.45, 7) is 4.20. The van der Waals surface area contributed by atoms with Crippen LogP contribution in [0.15, 0.2) is 36.4 Å². The second-order valence-corrected chi connectivity index (χ2v) is 11.0. The third kappa shape index (κ3) is 7.24. The Morgan fingerprint density at radius 2 is 1.24 bits per heavy atom. The monoisotopic (exact) mass is 592 g/mol. The molecule has 1 fully saturated rings. The molecule has 0 radical (unpaired) electrons. The molecule has 0 bridgehead atoms. The lowest BCUT2D eigenvalue weighted by Gasteiger charge is -2.29. The second-order valence-electron chi connectivity index (χ2n) is 11.0. The van der Waals surface area contributed by atoms with Crippen molar-refractivity contribution in [3.05, 3.63) is 82.4 Å². The summed E-state index contributed by atoms with van der Waals surface area (Å²) in [7, 11) is 0. The van der Waals surface area contributed by atoms with E-state index in [0.717, 1.165) is 38.5 Å². The molecule has 0 heterocycles. The van der Waals surface area contributed by atoms with Crippen molar-refractivity contribution in [2.75, 3.05) is 13.2 Å².